The quantitative estimate of drug-likeness (QED) is 0.838. The number of aromatic nitrogens is 1. The molecule has 0 amide bonds. The van der Waals surface area contributed by atoms with Crippen molar-refractivity contribution in [1.29, 1.82) is 0 Å². The first-order chi connectivity index (χ1) is 6.65. The van der Waals surface area contributed by atoms with Gasteiger partial charge in [0.15, 0.2) is 0 Å². The number of rotatable bonds is 4. The Kier molecular flexibility index (Phi) is 4.17. The van der Waals surface area contributed by atoms with Crippen LogP contribution in [0.2, 0.25) is 5.02 Å². The number of hydrogen-bond donors (Lipinski definition) is 1. The Balaban J connectivity index is 2.90. The Hall–Kier alpha value is -0.800. The molecule has 0 radical (unpaired) electrons. The molecule has 0 saturated heterocycles. The Bertz CT molecular complexity index is 302. The molecule has 0 saturated carbocycles. The predicted molar refractivity (Wildman–Crippen MR) is 55.9 cm³/mol. The molecular weight excluding hydrogens is 202 g/mol. The van der Waals surface area contributed by atoms with E-state index in [1.54, 1.807) is 6.20 Å². The summed E-state index contributed by atoms with van der Waals surface area (Å²) >= 11 is 5.83. The lowest BCUT2D eigenvalue weighted by Crippen LogP contribution is -2.06. The van der Waals surface area contributed by atoms with Gasteiger partial charge in [0, 0.05) is 11.8 Å². The van der Waals surface area contributed by atoms with Gasteiger partial charge < -0.3 is 9.84 Å². The molecule has 0 atom stereocenters. The molecule has 0 aliphatic rings. The lowest BCUT2D eigenvalue weighted by Gasteiger charge is -2.12. The van der Waals surface area contributed by atoms with E-state index < -0.39 is 0 Å². The first-order valence-corrected chi connectivity index (χ1v) is 4.92. The van der Waals surface area contributed by atoms with Crippen molar-refractivity contribution in [2.45, 2.75) is 19.8 Å². The lowest BCUT2D eigenvalue weighted by atomic mass is 10.1. The van der Waals surface area contributed by atoms with Gasteiger partial charge in [-0.25, -0.2) is 4.98 Å². The molecular formula is C10H14ClNO2. The summed E-state index contributed by atoms with van der Waals surface area (Å²) in [7, 11) is 0. The molecule has 0 aromatic carbocycles. The fraction of sp³-hybridized carbons (Fsp3) is 0.500. The highest BCUT2D eigenvalue weighted by Crippen LogP contribution is 2.26. The Morgan fingerprint density at radius 1 is 1.57 bits per heavy atom. The summed E-state index contributed by atoms with van der Waals surface area (Å²) in [5.41, 5.74) is 0.964. The third-order valence-corrected chi connectivity index (χ3v) is 2.00. The van der Waals surface area contributed by atoms with Crippen molar-refractivity contribution < 1.29 is 9.84 Å². The van der Waals surface area contributed by atoms with Crippen LogP contribution >= 0.6 is 11.6 Å². The van der Waals surface area contributed by atoms with Crippen molar-refractivity contribution in [3.63, 3.8) is 0 Å². The molecule has 0 aliphatic heterocycles. The normalized spacial score (nSPS) is 10.6. The summed E-state index contributed by atoms with van der Waals surface area (Å²) in [6, 6.07) is 1.84. The fourth-order valence-corrected chi connectivity index (χ4v) is 1.29. The molecule has 4 heteroatoms. The Labute approximate surface area is 88.7 Å². The second-order valence-corrected chi connectivity index (χ2v) is 3.71. The highest BCUT2D eigenvalue weighted by molar-refractivity contribution is 6.30. The third-order valence-electron chi connectivity index (χ3n) is 1.80. The molecule has 0 fully saturated rings. The van der Waals surface area contributed by atoms with Crippen LogP contribution in [0.5, 0.6) is 5.88 Å². The maximum absolute atomic E-state index is 8.63. The smallest absolute Gasteiger partial charge is 0.216 e. The molecule has 0 unspecified atom stereocenters. The number of pyridine rings is 1. The molecule has 1 aromatic heterocycles. The Morgan fingerprint density at radius 3 is 2.86 bits per heavy atom. The van der Waals surface area contributed by atoms with Crippen LogP contribution < -0.4 is 4.74 Å². The summed E-state index contributed by atoms with van der Waals surface area (Å²) < 4.78 is 5.28. The number of nitrogens with zero attached hydrogens (tertiary/aromatic N) is 1. The Morgan fingerprint density at radius 2 is 2.29 bits per heavy atom. The van der Waals surface area contributed by atoms with E-state index in [0.29, 0.717) is 16.8 Å². The van der Waals surface area contributed by atoms with Gasteiger partial charge in [-0.2, -0.15) is 0 Å². The summed E-state index contributed by atoms with van der Waals surface area (Å²) in [5.74, 6) is 0.855. The van der Waals surface area contributed by atoms with Crippen molar-refractivity contribution in [1.82, 2.24) is 4.98 Å². The number of hydrogen-bond acceptors (Lipinski definition) is 3. The van der Waals surface area contributed by atoms with E-state index >= 15 is 0 Å². The minimum Gasteiger partial charge on any atom is -0.475 e. The molecule has 1 rings (SSSR count). The highest BCUT2D eigenvalue weighted by Gasteiger charge is 2.09. The first kappa shape index (κ1) is 11.3. The van der Waals surface area contributed by atoms with Crippen molar-refractivity contribution in [3.8, 4) is 5.88 Å². The van der Waals surface area contributed by atoms with Crippen LogP contribution in [0.1, 0.15) is 25.3 Å². The molecule has 14 heavy (non-hydrogen) atoms. The van der Waals surface area contributed by atoms with Crippen LogP contribution in [0.3, 0.4) is 0 Å². The minimum absolute atomic E-state index is 0.0121. The second kappa shape index (κ2) is 5.17. The first-order valence-electron chi connectivity index (χ1n) is 4.54. The van der Waals surface area contributed by atoms with Gasteiger partial charge in [0.2, 0.25) is 5.88 Å². The predicted octanol–water partition coefficient (Wildman–Crippen LogP) is 2.23. The maximum atomic E-state index is 8.63. The van der Waals surface area contributed by atoms with Gasteiger partial charge in [0.25, 0.3) is 0 Å². The second-order valence-electron chi connectivity index (χ2n) is 3.27. The zero-order valence-electron chi connectivity index (χ0n) is 8.33. The van der Waals surface area contributed by atoms with E-state index in [4.69, 9.17) is 21.4 Å². The van der Waals surface area contributed by atoms with E-state index in [1.165, 1.54) is 0 Å². The highest BCUT2D eigenvalue weighted by atomic mass is 35.5. The van der Waals surface area contributed by atoms with E-state index in [-0.39, 0.29) is 13.2 Å². The van der Waals surface area contributed by atoms with Crippen LogP contribution in [-0.2, 0) is 0 Å². The molecule has 3 nitrogen and oxygen atoms in total. The van der Waals surface area contributed by atoms with Crippen LogP contribution in [-0.4, -0.2) is 23.3 Å². The van der Waals surface area contributed by atoms with E-state index in [9.17, 15) is 0 Å². The van der Waals surface area contributed by atoms with Gasteiger partial charge in [-0.05, 0) is 12.0 Å². The SMILES string of the molecule is CC(C)c1cc(Cl)cnc1OCCO. The number of ether oxygens (including phenoxy) is 1. The van der Waals surface area contributed by atoms with E-state index in [0.717, 1.165) is 5.56 Å². The number of halogens is 1. The summed E-state index contributed by atoms with van der Waals surface area (Å²) in [4.78, 5) is 4.07. The summed E-state index contributed by atoms with van der Waals surface area (Å²) in [5, 5.41) is 9.23. The van der Waals surface area contributed by atoms with Gasteiger partial charge in [0.1, 0.15) is 6.61 Å². The maximum Gasteiger partial charge on any atom is 0.216 e. The molecule has 1 heterocycles. The van der Waals surface area contributed by atoms with Gasteiger partial charge in [-0.3, -0.25) is 0 Å². The lowest BCUT2D eigenvalue weighted by molar-refractivity contribution is 0.195. The van der Waals surface area contributed by atoms with Crippen molar-refractivity contribution in [3.05, 3.63) is 22.8 Å². The van der Waals surface area contributed by atoms with Gasteiger partial charge in [-0.15, -0.1) is 0 Å². The van der Waals surface area contributed by atoms with E-state index in [2.05, 4.69) is 4.98 Å². The number of aliphatic hydroxyl groups excluding tert-OH is 1. The van der Waals surface area contributed by atoms with Gasteiger partial charge >= 0.3 is 0 Å². The largest absolute Gasteiger partial charge is 0.475 e. The van der Waals surface area contributed by atoms with Gasteiger partial charge in [-0.1, -0.05) is 25.4 Å². The monoisotopic (exact) mass is 215 g/mol. The minimum atomic E-state index is -0.0121. The topological polar surface area (TPSA) is 42.4 Å². The van der Waals surface area contributed by atoms with Crippen molar-refractivity contribution >= 4 is 11.6 Å². The zero-order valence-corrected chi connectivity index (χ0v) is 9.08. The van der Waals surface area contributed by atoms with Crippen LogP contribution in [0.25, 0.3) is 0 Å². The molecule has 0 aliphatic carbocycles. The molecule has 1 aromatic rings. The standard InChI is InChI=1S/C10H14ClNO2/c1-7(2)9-5-8(11)6-12-10(9)14-4-3-13/h5-7,13H,3-4H2,1-2H3. The molecule has 1 N–H and O–H groups in total. The summed E-state index contributed by atoms with van der Waals surface area (Å²) in [6.07, 6.45) is 1.54. The van der Waals surface area contributed by atoms with Crippen LogP contribution in [0, 0.1) is 0 Å². The van der Waals surface area contributed by atoms with Gasteiger partial charge in [0.05, 0.1) is 11.6 Å². The van der Waals surface area contributed by atoms with Crippen molar-refractivity contribution in [2.24, 2.45) is 0 Å². The zero-order chi connectivity index (χ0) is 10.6. The molecule has 0 bridgehead atoms. The average Bonchev–Trinajstić information content (AvgIpc) is 2.15. The third kappa shape index (κ3) is 2.86. The summed E-state index contributed by atoms with van der Waals surface area (Å²) in [6.45, 7) is 4.33. The molecule has 78 valence electrons. The van der Waals surface area contributed by atoms with Crippen LogP contribution in [0.4, 0.5) is 0 Å². The average molecular weight is 216 g/mol. The molecule has 0 spiro atoms. The number of aliphatic hydroxyl groups is 1. The van der Waals surface area contributed by atoms with Crippen LogP contribution in [0.15, 0.2) is 12.3 Å². The van der Waals surface area contributed by atoms with E-state index in [1.807, 2.05) is 19.9 Å². The van der Waals surface area contributed by atoms with Crippen molar-refractivity contribution in [2.75, 3.05) is 13.2 Å². The fourth-order valence-electron chi connectivity index (χ4n) is 1.12.